The third-order valence-electron chi connectivity index (χ3n) is 3.61. The standard InChI is InChI=1S/C15H16Cl2N2S/c16-12-4-1-3-11(14(12)17)15(13-5-2-10-20-13)19-8-6-18-7-9-19/h1-5,10,15,18H,6-9H2/t15-/m0/s1. The van der Waals surface area contributed by atoms with Crippen LogP contribution >= 0.6 is 34.5 Å². The molecule has 1 aromatic carbocycles. The van der Waals surface area contributed by atoms with Crippen molar-refractivity contribution in [2.45, 2.75) is 6.04 Å². The number of hydrogen-bond donors (Lipinski definition) is 1. The van der Waals surface area contributed by atoms with Gasteiger partial charge in [0.25, 0.3) is 0 Å². The van der Waals surface area contributed by atoms with Crippen molar-refractivity contribution in [2.24, 2.45) is 0 Å². The highest BCUT2D eigenvalue weighted by molar-refractivity contribution is 7.10. The number of piperazine rings is 1. The Morgan fingerprint density at radius 3 is 2.60 bits per heavy atom. The molecule has 1 aromatic heterocycles. The minimum Gasteiger partial charge on any atom is -0.314 e. The lowest BCUT2D eigenvalue weighted by atomic mass is 10.0. The first-order chi connectivity index (χ1) is 9.77. The Bertz CT molecular complexity index is 565. The first kappa shape index (κ1) is 14.4. The van der Waals surface area contributed by atoms with Gasteiger partial charge in [-0.3, -0.25) is 4.90 Å². The molecule has 1 atom stereocenters. The second kappa shape index (κ2) is 6.46. The summed E-state index contributed by atoms with van der Waals surface area (Å²) in [6, 6.07) is 10.4. The van der Waals surface area contributed by atoms with E-state index in [4.69, 9.17) is 23.2 Å². The number of hydrogen-bond acceptors (Lipinski definition) is 3. The number of rotatable bonds is 3. The molecule has 2 heterocycles. The Hall–Kier alpha value is -0.580. The summed E-state index contributed by atoms with van der Waals surface area (Å²) in [7, 11) is 0. The molecule has 1 N–H and O–H groups in total. The van der Waals surface area contributed by atoms with Gasteiger partial charge in [0.2, 0.25) is 0 Å². The third-order valence-corrected chi connectivity index (χ3v) is 5.36. The van der Waals surface area contributed by atoms with Crippen molar-refractivity contribution >= 4 is 34.5 Å². The lowest BCUT2D eigenvalue weighted by Gasteiger charge is -2.35. The monoisotopic (exact) mass is 326 g/mol. The average Bonchev–Trinajstić information content (AvgIpc) is 2.99. The van der Waals surface area contributed by atoms with E-state index in [0.717, 1.165) is 31.7 Å². The fraction of sp³-hybridized carbons (Fsp3) is 0.333. The van der Waals surface area contributed by atoms with Crippen LogP contribution in [0.15, 0.2) is 35.7 Å². The molecule has 1 aliphatic heterocycles. The molecule has 0 spiro atoms. The van der Waals surface area contributed by atoms with E-state index in [1.807, 2.05) is 12.1 Å². The van der Waals surface area contributed by atoms with E-state index < -0.39 is 0 Å². The van der Waals surface area contributed by atoms with E-state index in [1.165, 1.54) is 4.88 Å². The van der Waals surface area contributed by atoms with Gasteiger partial charge in [-0.1, -0.05) is 41.4 Å². The summed E-state index contributed by atoms with van der Waals surface area (Å²) in [4.78, 5) is 3.79. The zero-order valence-electron chi connectivity index (χ0n) is 11.0. The van der Waals surface area contributed by atoms with Gasteiger partial charge >= 0.3 is 0 Å². The highest BCUT2D eigenvalue weighted by Crippen LogP contribution is 2.38. The molecule has 0 saturated carbocycles. The SMILES string of the molecule is Clc1cccc([C@@H](c2cccs2)N2CCNCC2)c1Cl. The Labute approximate surface area is 133 Å². The van der Waals surface area contributed by atoms with E-state index in [0.29, 0.717) is 10.0 Å². The first-order valence-electron chi connectivity index (χ1n) is 6.69. The third kappa shape index (κ3) is 2.87. The molecule has 2 nitrogen and oxygen atoms in total. The maximum absolute atomic E-state index is 6.45. The van der Waals surface area contributed by atoms with Crippen LogP contribution in [0.5, 0.6) is 0 Å². The second-order valence-corrected chi connectivity index (χ2v) is 6.61. The topological polar surface area (TPSA) is 15.3 Å². The van der Waals surface area contributed by atoms with Crippen molar-refractivity contribution in [3.8, 4) is 0 Å². The maximum Gasteiger partial charge on any atom is 0.0712 e. The predicted octanol–water partition coefficient (Wildman–Crippen LogP) is 4.05. The minimum atomic E-state index is 0.198. The first-order valence-corrected chi connectivity index (χ1v) is 8.33. The van der Waals surface area contributed by atoms with E-state index >= 15 is 0 Å². The average molecular weight is 327 g/mol. The zero-order chi connectivity index (χ0) is 13.9. The van der Waals surface area contributed by atoms with Crippen molar-refractivity contribution in [3.63, 3.8) is 0 Å². The van der Waals surface area contributed by atoms with Gasteiger partial charge in [0, 0.05) is 31.1 Å². The van der Waals surface area contributed by atoms with Crippen molar-refractivity contribution in [3.05, 3.63) is 56.2 Å². The van der Waals surface area contributed by atoms with Crippen molar-refractivity contribution in [1.29, 1.82) is 0 Å². The Kier molecular flexibility index (Phi) is 4.64. The van der Waals surface area contributed by atoms with Crippen molar-refractivity contribution in [1.82, 2.24) is 10.2 Å². The fourth-order valence-corrected chi connectivity index (χ4v) is 3.94. The van der Waals surface area contributed by atoms with Crippen LogP contribution in [-0.4, -0.2) is 31.1 Å². The Morgan fingerprint density at radius 1 is 1.10 bits per heavy atom. The summed E-state index contributed by atoms with van der Waals surface area (Å²) in [5.41, 5.74) is 1.10. The van der Waals surface area contributed by atoms with E-state index in [1.54, 1.807) is 11.3 Å². The van der Waals surface area contributed by atoms with Gasteiger partial charge in [-0.25, -0.2) is 0 Å². The van der Waals surface area contributed by atoms with Gasteiger partial charge in [-0.15, -0.1) is 11.3 Å². The highest BCUT2D eigenvalue weighted by Gasteiger charge is 2.26. The molecule has 20 heavy (non-hydrogen) atoms. The summed E-state index contributed by atoms with van der Waals surface area (Å²) >= 11 is 14.4. The van der Waals surface area contributed by atoms with Gasteiger partial charge in [0.15, 0.2) is 0 Å². The molecule has 1 aliphatic rings. The minimum absolute atomic E-state index is 0.198. The van der Waals surface area contributed by atoms with Crippen molar-refractivity contribution in [2.75, 3.05) is 26.2 Å². The van der Waals surface area contributed by atoms with Crippen LogP contribution in [0.2, 0.25) is 10.0 Å². The number of nitrogens with zero attached hydrogens (tertiary/aromatic N) is 1. The molecule has 0 amide bonds. The molecule has 106 valence electrons. The highest BCUT2D eigenvalue weighted by atomic mass is 35.5. The van der Waals surface area contributed by atoms with Crippen LogP contribution in [0.1, 0.15) is 16.5 Å². The lowest BCUT2D eigenvalue weighted by molar-refractivity contribution is 0.201. The number of thiophene rings is 1. The van der Waals surface area contributed by atoms with Gasteiger partial charge < -0.3 is 5.32 Å². The van der Waals surface area contributed by atoms with E-state index in [-0.39, 0.29) is 6.04 Å². The molecule has 0 radical (unpaired) electrons. The molecule has 1 fully saturated rings. The predicted molar refractivity (Wildman–Crippen MR) is 87.1 cm³/mol. The molecular weight excluding hydrogens is 311 g/mol. The summed E-state index contributed by atoms with van der Waals surface area (Å²) in [5, 5.41) is 6.81. The van der Waals surface area contributed by atoms with Gasteiger partial charge in [0.05, 0.1) is 16.1 Å². The molecule has 0 bridgehead atoms. The van der Waals surface area contributed by atoms with Crippen molar-refractivity contribution < 1.29 is 0 Å². The molecular formula is C15H16Cl2N2S. The summed E-state index contributed by atoms with van der Waals surface area (Å²) in [5.74, 6) is 0. The number of nitrogens with one attached hydrogen (secondary N) is 1. The van der Waals surface area contributed by atoms with Crippen LogP contribution in [0.3, 0.4) is 0 Å². The normalized spacial score (nSPS) is 18.1. The summed E-state index contributed by atoms with van der Waals surface area (Å²) in [6.45, 7) is 4.07. The zero-order valence-corrected chi connectivity index (χ0v) is 13.3. The van der Waals surface area contributed by atoms with Crippen LogP contribution < -0.4 is 5.32 Å². The second-order valence-electron chi connectivity index (χ2n) is 4.85. The molecule has 0 unspecified atom stereocenters. The molecule has 1 saturated heterocycles. The quantitative estimate of drug-likeness (QED) is 0.915. The van der Waals surface area contributed by atoms with Crippen LogP contribution in [0, 0.1) is 0 Å². The molecule has 2 aromatic rings. The Morgan fingerprint density at radius 2 is 1.90 bits per heavy atom. The lowest BCUT2D eigenvalue weighted by Crippen LogP contribution is -2.45. The summed E-state index contributed by atoms with van der Waals surface area (Å²) in [6.07, 6.45) is 0. The van der Waals surface area contributed by atoms with E-state index in [9.17, 15) is 0 Å². The van der Waals surface area contributed by atoms with Crippen LogP contribution in [0.4, 0.5) is 0 Å². The largest absolute Gasteiger partial charge is 0.314 e. The van der Waals surface area contributed by atoms with E-state index in [2.05, 4.69) is 33.8 Å². The molecule has 3 rings (SSSR count). The van der Waals surface area contributed by atoms with Gasteiger partial charge in [-0.05, 0) is 23.1 Å². The van der Waals surface area contributed by atoms with Gasteiger partial charge in [-0.2, -0.15) is 0 Å². The molecule has 5 heteroatoms. The van der Waals surface area contributed by atoms with Crippen LogP contribution in [-0.2, 0) is 0 Å². The summed E-state index contributed by atoms with van der Waals surface area (Å²) < 4.78 is 0. The van der Waals surface area contributed by atoms with Gasteiger partial charge in [0.1, 0.15) is 0 Å². The Balaban J connectivity index is 2.03. The fourth-order valence-electron chi connectivity index (χ4n) is 2.65. The molecule has 0 aliphatic carbocycles. The number of benzene rings is 1. The van der Waals surface area contributed by atoms with Crippen LogP contribution in [0.25, 0.3) is 0 Å². The smallest absolute Gasteiger partial charge is 0.0712 e. The number of halogens is 2. The maximum atomic E-state index is 6.45.